The van der Waals surface area contributed by atoms with Crippen LogP contribution >= 0.6 is 0 Å². The van der Waals surface area contributed by atoms with Crippen LogP contribution in [0, 0.1) is 0 Å². The molecule has 0 saturated heterocycles. The summed E-state index contributed by atoms with van der Waals surface area (Å²) in [5, 5.41) is 4.05. The van der Waals surface area contributed by atoms with Crippen LogP contribution in [-0.2, 0) is 7.05 Å². The number of aromatic nitrogens is 3. The van der Waals surface area contributed by atoms with E-state index in [0.717, 1.165) is 11.3 Å². The highest BCUT2D eigenvalue weighted by atomic mass is 15.3. The molecule has 66 valence electrons. The number of hydrogen-bond acceptors (Lipinski definition) is 3. The molecule has 4 heteroatoms. The van der Waals surface area contributed by atoms with Gasteiger partial charge >= 0.3 is 0 Å². The van der Waals surface area contributed by atoms with Crippen LogP contribution in [0.4, 0.5) is 5.82 Å². The molecule has 13 heavy (non-hydrogen) atoms. The van der Waals surface area contributed by atoms with Crippen molar-refractivity contribution in [2.75, 3.05) is 5.73 Å². The van der Waals surface area contributed by atoms with Gasteiger partial charge in [0.25, 0.3) is 0 Å². The maximum absolute atomic E-state index is 5.56. The predicted octanol–water partition coefficient (Wildman–Crippen LogP) is 1.06. The summed E-state index contributed by atoms with van der Waals surface area (Å²) in [7, 11) is 1.86. The Labute approximate surface area is 76.0 Å². The molecule has 0 atom stereocenters. The molecular weight excluding hydrogens is 164 g/mol. The van der Waals surface area contributed by atoms with E-state index in [1.807, 2.05) is 25.2 Å². The maximum atomic E-state index is 5.56. The fourth-order valence-electron chi connectivity index (χ4n) is 1.27. The van der Waals surface area contributed by atoms with E-state index in [4.69, 9.17) is 5.73 Å². The van der Waals surface area contributed by atoms with Gasteiger partial charge in [-0.3, -0.25) is 9.67 Å². The SMILES string of the molecule is Cn1nc(N)cc1-c1cccnc1. The van der Waals surface area contributed by atoms with E-state index in [1.165, 1.54) is 0 Å². The zero-order valence-corrected chi connectivity index (χ0v) is 7.31. The Morgan fingerprint density at radius 3 is 2.85 bits per heavy atom. The highest BCUT2D eigenvalue weighted by Crippen LogP contribution is 2.18. The molecule has 4 nitrogen and oxygen atoms in total. The Morgan fingerprint density at radius 1 is 1.46 bits per heavy atom. The molecule has 2 aromatic rings. The summed E-state index contributed by atoms with van der Waals surface area (Å²) in [6, 6.07) is 5.69. The molecule has 0 fully saturated rings. The zero-order chi connectivity index (χ0) is 9.26. The molecule has 0 aromatic carbocycles. The fourth-order valence-corrected chi connectivity index (χ4v) is 1.27. The fraction of sp³-hybridized carbons (Fsp3) is 0.111. The molecule has 0 aliphatic rings. The summed E-state index contributed by atoms with van der Waals surface area (Å²) in [6.45, 7) is 0. The first-order valence-electron chi connectivity index (χ1n) is 3.97. The normalized spacial score (nSPS) is 10.2. The molecule has 2 N–H and O–H groups in total. The third-order valence-corrected chi connectivity index (χ3v) is 1.86. The molecule has 0 unspecified atom stereocenters. The number of hydrogen-bond donors (Lipinski definition) is 1. The number of aryl methyl sites for hydroxylation is 1. The van der Waals surface area contributed by atoms with Gasteiger partial charge in [0.2, 0.25) is 0 Å². The third-order valence-electron chi connectivity index (χ3n) is 1.86. The highest BCUT2D eigenvalue weighted by molar-refractivity contribution is 5.61. The van der Waals surface area contributed by atoms with Gasteiger partial charge in [0.05, 0.1) is 5.69 Å². The third kappa shape index (κ3) is 1.38. The minimum atomic E-state index is 0.529. The number of nitrogen functional groups attached to an aromatic ring is 1. The van der Waals surface area contributed by atoms with Gasteiger partial charge in [-0.25, -0.2) is 0 Å². The van der Waals surface area contributed by atoms with Gasteiger partial charge in [-0.2, -0.15) is 5.10 Å². The van der Waals surface area contributed by atoms with Crippen LogP contribution in [0.2, 0.25) is 0 Å². The van der Waals surface area contributed by atoms with Crippen LogP contribution in [0.1, 0.15) is 0 Å². The second-order valence-electron chi connectivity index (χ2n) is 2.82. The van der Waals surface area contributed by atoms with Crippen molar-refractivity contribution < 1.29 is 0 Å². The minimum absolute atomic E-state index is 0.529. The van der Waals surface area contributed by atoms with Crippen molar-refractivity contribution in [3.05, 3.63) is 30.6 Å². The van der Waals surface area contributed by atoms with Gasteiger partial charge in [-0.1, -0.05) is 0 Å². The summed E-state index contributed by atoms with van der Waals surface area (Å²) in [5.41, 5.74) is 7.56. The van der Waals surface area contributed by atoms with Gasteiger partial charge < -0.3 is 5.73 Å². The van der Waals surface area contributed by atoms with Gasteiger partial charge in [0.1, 0.15) is 5.82 Å². The van der Waals surface area contributed by atoms with E-state index in [1.54, 1.807) is 17.1 Å². The first-order valence-corrected chi connectivity index (χ1v) is 3.97. The van der Waals surface area contributed by atoms with Crippen molar-refractivity contribution in [3.63, 3.8) is 0 Å². The Morgan fingerprint density at radius 2 is 2.31 bits per heavy atom. The van der Waals surface area contributed by atoms with Crippen LogP contribution in [0.25, 0.3) is 11.3 Å². The smallest absolute Gasteiger partial charge is 0.146 e. The topological polar surface area (TPSA) is 56.7 Å². The molecule has 0 radical (unpaired) electrons. The van der Waals surface area contributed by atoms with Crippen LogP contribution in [0.3, 0.4) is 0 Å². The van der Waals surface area contributed by atoms with Crippen molar-refractivity contribution >= 4 is 5.82 Å². The highest BCUT2D eigenvalue weighted by Gasteiger charge is 2.03. The Bertz CT molecular complexity index is 405. The lowest BCUT2D eigenvalue weighted by Crippen LogP contribution is -1.94. The Balaban J connectivity index is 2.53. The van der Waals surface area contributed by atoms with E-state index in [0.29, 0.717) is 5.82 Å². The van der Waals surface area contributed by atoms with Crippen molar-refractivity contribution in [2.45, 2.75) is 0 Å². The van der Waals surface area contributed by atoms with Gasteiger partial charge in [0, 0.05) is 31.1 Å². The molecule has 0 saturated carbocycles. The Hall–Kier alpha value is -1.84. The van der Waals surface area contributed by atoms with Crippen LogP contribution in [0.15, 0.2) is 30.6 Å². The van der Waals surface area contributed by atoms with Crippen LogP contribution in [0.5, 0.6) is 0 Å². The van der Waals surface area contributed by atoms with E-state index in [2.05, 4.69) is 10.1 Å². The predicted molar refractivity (Wildman–Crippen MR) is 50.9 cm³/mol. The number of nitrogens with two attached hydrogens (primary N) is 1. The maximum Gasteiger partial charge on any atom is 0.146 e. The lowest BCUT2D eigenvalue weighted by molar-refractivity contribution is 0.780. The average Bonchev–Trinajstić information content (AvgIpc) is 2.47. The average molecular weight is 174 g/mol. The first-order chi connectivity index (χ1) is 6.27. The van der Waals surface area contributed by atoms with E-state index in [9.17, 15) is 0 Å². The quantitative estimate of drug-likeness (QED) is 0.703. The molecule has 2 heterocycles. The van der Waals surface area contributed by atoms with Crippen molar-refractivity contribution in [2.24, 2.45) is 7.05 Å². The molecule has 2 rings (SSSR count). The molecule has 0 aliphatic carbocycles. The summed E-state index contributed by atoms with van der Waals surface area (Å²) in [6.07, 6.45) is 3.53. The lowest BCUT2D eigenvalue weighted by Gasteiger charge is -1.98. The Kier molecular flexibility index (Phi) is 1.73. The number of nitrogens with zero attached hydrogens (tertiary/aromatic N) is 3. The van der Waals surface area contributed by atoms with Crippen molar-refractivity contribution in [1.29, 1.82) is 0 Å². The van der Waals surface area contributed by atoms with Crippen molar-refractivity contribution in [3.8, 4) is 11.3 Å². The molecule has 2 aromatic heterocycles. The monoisotopic (exact) mass is 174 g/mol. The van der Waals surface area contributed by atoms with Crippen LogP contribution in [-0.4, -0.2) is 14.8 Å². The number of pyridine rings is 1. The van der Waals surface area contributed by atoms with E-state index < -0.39 is 0 Å². The zero-order valence-electron chi connectivity index (χ0n) is 7.31. The molecule has 0 bridgehead atoms. The summed E-state index contributed by atoms with van der Waals surface area (Å²) in [4.78, 5) is 4.03. The minimum Gasteiger partial charge on any atom is -0.382 e. The second-order valence-corrected chi connectivity index (χ2v) is 2.82. The van der Waals surface area contributed by atoms with E-state index in [-0.39, 0.29) is 0 Å². The second kappa shape index (κ2) is 2.90. The lowest BCUT2D eigenvalue weighted by atomic mass is 10.2. The summed E-state index contributed by atoms with van der Waals surface area (Å²) >= 11 is 0. The van der Waals surface area contributed by atoms with Crippen LogP contribution < -0.4 is 5.73 Å². The van der Waals surface area contributed by atoms with Gasteiger partial charge in [-0.05, 0) is 12.1 Å². The van der Waals surface area contributed by atoms with E-state index >= 15 is 0 Å². The van der Waals surface area contributed by atoms with Gasteiger partial charge in [-0.15, -0.1) is 0 Å². The summed E-state index contributed by atoms with van der Waals surface area (Å²) < 4.78 is 1.74. The number of rotatable bonds is 1. The van der Waals surface area contributed by atoms with Crippen molar-refractivity contribution in [1.82, 2.24) is 14.8 Å². The number of anilines is 1. The standard InChI is InChI=1S/C9H10N4/c1-13-8(5-9(10)12-13)7-3-2-4-11-6-7/h2-6H,1H3,(H2,10,12). The molecule has 0 spiro atoms. The molecular formula is C9H10N4. The summed E-state index contributed by atoms with van der Waals surface area (Å²) in [5.74, 6) is 0.529. The first kappa shape index (κ1) is 7.79. The molecule has 0 amide bonds. The van der Waals surface area contributed by atoms with Gasteiger partial charge in [0.15, 0.2) is 0 Å². The largest absolute Gasteiger partial charge is 0.382 e. The molecule has 0 aliphatic heterocycles.